The molecule has 0 unspecified atom stereocenters. The van der Waals surface area contributed by atoms with Crippen molar-refractivity contribution in [2.24, 2.45) is 0 Å². The summed E-state index contributed by atoms with van der Waals surface area (Å²) >= 11 is 0. The van der Waals surface area contributed by atoms with E-state index in [1.165, 1.54) is 6.07 Å². The maximum atomic E-state index is 13.7. The van der Waals surface area contributed by atoms with Crippen molar-refractivity contribution in [1.29, 1.82) is 0 Å². The van der Waals surface area contributed by atoms with Gasteiger partial charge in [-0.25, -0.2) is 8.78 Å². The van der Waals surface area contributed by atoms with E-state index in [4.69, 9.17) is 0 Å². The lowest BCUT2D eigenvalue weighted by Gasteiger charge is -2.15. The minimum Gasteiger partial charge on any atom is -0.376 e. The van der Waals surface area contributed by atoms with Gasteiger partial charge in [-0.2, -0.15) is 5.10 Å². The van der Waals surface area contributed by atoms with Crippen LogP contribution in [-0.4, -0.2) is 35.3 Å². The van der Waals surface area contributed by atoms with Gasteiger partial charge in [-0.05, 0) is 39.2 Å². The zero-order valence-corrected chi connectivity index (χ0v) is 12.5. The summed E-state index contributed by atoms with van der Waals surface area (Å²) in [5, 5.41) is 7.37. The Morgan fingerprint density at radius 2 is 2.10 bits per heavy atom. The molecule has 114 valence electrons. The Kier molecular flexibility index (Phi) is 4.90. The Hall–Kier alpha value is -1.95. The second-order valence-electron chi connectivity index (χ2n) is 5.33. The Morgan fingerprint density at radius 1 is 1.33 bits per heavy atom. The van der Waals surface area contributed by atoms with Gasteiger partial charge in [0, 0.05) is 18.3 Å². The fourth-order valence-corrected chi connectivity index (χ4v) is 2.04. The topological polar surface area (TPSA) is 33.1 Å². The summed E-state index contributed by atoms with van der Waals surface area (Å²) in [4.78, 5) is 2.07. The Balaban J connectivity index is 2.02. The molecule has 1 aromatic carbocycles. The van der Waals surface area contributed by atoms with Crippen LogP contribution < -0.4 is 5.32 Å². The molecule has 0 aliphatic rings. The van der Waals surface area contributed by atoms with E-state index in [2.05, 4.69) is 15.3 Å². The highest BCUT2D eigenvalue weighted by Crippen LogP contribution is 2.22. The fourth-order valence-electron chi connectivity index (χ4n) is 2.04. The van der Waals surface area contributed by atoms with E-state index in [0.29, 0.717) is 5.56 Å². The largest absolute Gasteiger partial charge is 0.376 e. The average molecular weight is 294 g/mol. The summed E-state index contributed by atoms with van der Waals surface area (Å²) in [5.74, 6) is -0.863. The first kappa shape index (κ1) is 15.4. The second kappa shape index (κ2) is 6.67. The normalized spacial score (nSPS) is 12.7. The van der Waals surface area contributed by atoms with Crippen molar-refractivity contribution in [2.45, 2.75) is 19.5 Å². The van der Waals surface area contributed by atoms with E-state index in [9.17, 15) is 8.78 Å². The molecule has 0 radical (unpaired) electrons. The Labute approximate surface area is 123 Å². The van der Waals surface area contributed by atoms with Crippen molar-refractivity contribution >= 4 is 5.69 Å². The van der Waals surface area contributed by atoms with Crippen LogP contribution in [0.5, 0.6) is 0 Å². The maximum absolute atomic E-state index is 13.7. The van der Waals surface area contributed by atoms with Crippen LogP contribution in [-0.2, 0) is 6.54 Å². The predicted octanol–water partition coefficient (Wildman–Crippen LogP) is 2.90. The summed E-state index contributed by atoms with van der Waals surface area (Å²) in [6, 6.07) is 3.13. The van der Waals surface area contributed by atoms with Crippen LogP contribution in [0.4, 0.5) is 14.5 Å². The van der Waals surface area contributed by atoms with Gasteiger partial charge in [-0.15, -0.1) is 0 Å². The molecule has 1 heterocycles. The molecule has 0 bridgehead atoms. The molecule has 4 nitrogen and oxygen atoms in total. The standard InChI is InChI=1S/C15H20F2N4/c1-11(14-8-12(16)4-5-15(14)17)19-13-9-18-21(10-13)7-6-20(2)3/h4-5,8-11,19H,6-7H2,1-3H3/t11-/m1/s1. The van der Waals surface area contributed by atoms with E-state index in [0.717, 1.165) is 30.9 Å². The first-order chi connectivity index (χ1) is 9.95. The van der Waals surface area contributed by atoms with Gasteiger partial charge in [-0.3, -0.25) is 4.68 Å². The summed E-state index contributed by atoms with van der Waals surface area (Å²) in [5.41, 5.74) is 1.08. The molecule has 2 rings (SSSR count). The van der Waals surface area contributed by atoms with E-state index in [1.54, 1.807) is 13.1 Å². The zero-order valence-electron chi connectivity index (χ0n) is 12.5. The molecule has 0 amide bonds. The number of hydrogen-bond acceptors (Lipinski definition) is 3. The lowest BCUT2D eigenvalue weighted by molar-refractivity contribution is 0.373. The van der Waals surface area contributed by atoms with Gasteiger partial charge in [0.1, 0.15) is 11.6 Å². The summed E-state index contributed by atoms with van der Waals surface area (Å²) < 4.78 is 28.7. The number of nitrogens with one attached hydrogen (secondary N) is 1. The summed E-state index contributed by atoms with van der Waals surface area (Å²) in [6.07, 6.45) is 3.54. The Bertz CT molecular complexity index is 595. The molecule has 2 aromatic rings. The zero-order chi connectivity index (χ0) is 15.4. The average Bonchev–Trinajstić information content (AvgIpc) is 2.86. The van der Waals surface area contributed by atoms with Crippen molar-refractivity contribution in [1.82, 2.24) is 14.7 Å². The van der Waals surface area contributed by atoms with Crippen molar-refractivity contribution in [3.8, 4) is 0 Å². The van der Waals surface area contributed by atoms with Crippen molar-refractivity contribution in [3.63, 3.8) is 0 Å². The van der Waals surface area contributed by atoms with Gasteiger partial charge in [0.25, 0.3) is 0 Å². The van der Waals surface area contributed by atoms with Crippen molar-refractivity contribution in [2.75, 3.05) is 26.0 Å². The molecule has 0 saturated heterocycles. The third-order valence-electron chi connectivity index (χ3n) is 3.22. The number of anilines is 1. The SMILES string of the molecule is C[C@@H](Nc1cnn(CCN(C)C)c1)c1cc(F)ccc1F. The highest BCUT2D eigenvalue weighted by Gasteiger charge is 2.12. The third-order valence-corrected chi connectivity index (χ3v) is 3.22. The van der Waals surface area contributed by atoms with Crippen molar-refractivity contribution in [3.05, 3.63) is 47.8 Å². The molecular weight excluding hydrogens is 274 g/mol. The van der Waals surface area contributed by atoms with Crippen LogP contribution in [0.15, 0.2) is 30.6 Å². The Morgan fingerprint density at radius 3 is 2.81 bits per heavy atom. The molecule has 0 aliphatic heterocycles. The molecule has 0 spiro atoms. The second-order valence-corrected chi connectivity index (χ2v) is 5.33. The maximum Gasteiger partial charge on any atom is 0.128 e. The number of likely N-dealkylation sites (N-methyl/N-ethyl adjacent to an activating group) is 1. The quantitative estimate of drug-likeness (QED) is 0.889. The lowest BCUT2D eigenvalue weighted by atomic mass is 10.1. The number of rotatable bonds is 6. The first-order valence-electron chi connectivity index (χ1n) is 6.84. The van der Waals surface area contributed by atoms with Gasteiger partial charge in [0.05, 0.1) is 24.5 Å². The van der Waals surface area contributed by atoms with Crippen LogP contribution in [0, 0.1) is 11.6 Å². The highest BCUT2D eigenvalue weighted by atomic mass is 19.1. The minimum atomic E-state index is -0.443. The number of hydrogen-bond donors (Lipinski definition) is 1. The smallest absolute Gasteiger partial charge is 0.128 e. The monoisotopic (exact) mass is 294 g/mol. The lowest BCUT2D eigenvalue weighted by Crippen LogP contribution is -2.18. The van der Waals surface area contributed by atoms with Crippen LogP contribution in [0.3, 0.4) is 0 Å². The molecule has 0 aliphatic carbocycles. The van der Waals surface area contributed by atoms with Gasteiger partial charge < -0.3 is 10.2 Å². The van der Waals surface area contributed by atoms with Gasteiger partial charge >= 0.3 is 0 Å². The van der Waals surface area contributed by atoms with Crippen LogP contribution in [0.2, 0.25) is 0 Å². The molecular formula is C15H20F2N4. The van der Waals surface area contributed by atoms with Gasteiger partial charge in [0.15, 0.2) is 0 Å². The summed E-state index contributed by atoms with van der Waals surface area (Å²) in [6.45, 7) is 3.45. The number of nitrogens with zero attached hydrogens (tertiary/aromatic N) is 3. The molecule has 1 atom stereocenters. The van der Waals surface area contributed by atoms with E-state index >= 15 is 0 Å². The molecule has 1 N–H and O–H groups in total. The van der Waals surface area contributed by atoms with Crippen LogP contribution >= 0.6 is 0 Å². The molecule has 1 aromatic heterocycles. The van der Waals surface area contributed by atoms with E-state index < -0.39 is 11.6 Å². The molecule has 6 heteroatoms. The predicted molar refractivity (Wildman–Crippen MR) is 79.2 cm³/mol. The minimum absolute atomic E-state index is 0.302. The number of benzene rings is 1. The molecule has 0 fully saturated rings. The number of halogens is 2. The van der Waals surface area contributed by atoms with E-state index in [-0.39, 0.29) is 6.04 Å². The summed E-state index contributed by atoms with van der Waals surface area (Å²) in [7, 11) is 3.99. The van der Waals surface area contributed by atoms with Gasteiger partial charge in [0.2, 0.25) is 0 Å². The third kappa shape index (κ3) is 4.26. The fraction of sp³-hybridized carbons (Fsp3) is 0.400. The number of aromatic nitrogens is 2. The van der Waals surface area contributed by atoms with Gasteiger partial charge in [-0.1, -0.05) is 0 Å². The first-order valence-corrected chi connectivity index (χ1v) is 6.84. The highest BCUT2D eigenvalue weighted by molar-refractivity contribution is 5.41. The molecule has 0 saturated carbocycles. The van der Waals surface area contributed by atoms with Crippen LogP contribution in [0.1, 0.15) is 18.5 Å². The van der Waals surface area contributed by atoms with E-state index in [1.807, 2.05) is 25.0 Å². The molecule has 21 heavy (non-hydrogen) atoms. The van der Waals surface area contributed by atoms with Crippen molar-refractivity contribution < 1.29 is 8.78 Å². The van der Waals surface area contributed by atoms with Crippen LogP contribution in [0.25, 0.3) is 0 Å².